The second-order valence-electron chi connectivity index (χ2n) is 6.01. The van der Waals surface area contributed by atoms with E-state index in [0.29, 0.717) is 6.42 Å². The maximum atomic E-state index is 13.1. The summed E-state index contributed by atoms with van der Waals surface area (Å²) in [5, 5.41) is 10.6. The van der Waals surface area contributed by atoms with Gasteiger partial charge in [0.15, 0.2) is 0 Å². The molecule has 1 aliphatic rings. The predicted octanol–water partition coefficient (Wildman–Crippen LogP) is 1.67. The van der Waals surface area contributed by atoms with Crippen LogP contribution in [0.4, 0.5) is 4.39 Å². The molecular weight excluding hydrogens is 255 g/mol. The summed E-state index contributed by atoms with van der Waals surface area (Å²) in [4.78, 5) is 4.52. The molecule has 1 heterocycles. The second kappa shape index (κ2) is 6.66. The number of aryl methyl sites for hydroxylation is 1. The van der Waals surface area contributed by atoms with Gasteiger partial charge < -0.3 is 10.0 Å². The van der Waals surface area contributed by atoms with Gasteiger partial charge >= 0.3 is 0 Å². The van der Waals surface area contributed by atoms with E-state index in [-0.39, 0.29) is 11.9 Å². The summed E-state index contributed by atoms with van der Waals surface area (Å²) in [6.45, 7) is 4.85. The first-order chi connectivity index (χ1) is 9.47. The van der Waals surface area contributed by atoms with E-state index >= 15 is 0 Å². The molecule has 0 spiro atoms. The van der Waals surface area contributed by atoms with Gasteiger partial charge in [-0.1, -0.05) is 6.07 Å². The molecule has 4 heteroatoms. The lowest BCUT2D eigenvalue weighted by Crippen LogP contribution is -2.47. The molecular formula is C16H25FN2O. The number of aliphatic hydroxyl groups is 1. The summed E-state index contributed by atoms with van der Waals surface area (Å²) in [7, 11) is 4.17. The number of nitrogens with zero attached hydrogens (tertiary/aromatic N) is 2. The van der Waals surface area contributed by atoms with E-state index in [1.807, 2.05) is 6.92 Å². The number of aliphatic hydroxyl groups excluding tert-OH is 1. The van der Waals surface area contributed by atoms with Crippen LogP contribution in [0.2, 0.25) is 0 Å². The van der Waals surface area contributed by atoms with Crippen molar-refractivity contribution < 1.29 is 9.50 Å². The molecule has 3 nitrogen and oxygen atoms in total. The minimum absolute atomic E-state index is 0.131. The zero-order valence-electron chi connectivity index (χ0n) is 12.6. The molecule has 1 aliphatic heterocycles. The lowest BCUT2D eigenvalue weighted by atomic mass is 9.97. The third kappa shape index (κ3) is 3.78. The summed E-state index contributed by atoms with van der Waals surface area (Å²) in [5.74, 6) is -0.216. The van der Waals surface area contributed by atoms with Crippen molar-refractivity contribution in [3.63, 3.8) is 0 Å². The van der Waals surface area contributed by atoms with Crippen molar-refractivity contribution in [1.82, 2.24) is 9.80 Å². The summed E-state index contributed by atoms with van der Waals surface area (Å²) in [6, 6.07) is 4.92. The highest BCUT2D eigenvalue weighted by Crippen LogP contribution is 2.17. The van der Waals surface area contributed by atoms with Crippen molar-refractivity contribution in [2.24, 2.45) is 0 Å². The summed E-state index contributed by atoms with van der Waals surface area (Å²) >= 11 is 0. The van der Waals surface area contributed by atoms with Crippen molar-refractivity contribution in [3.05, 3.63) is 35.1 Å². The van der Waals surface area contributed by atoms with Crippen LogP contribution in [0, 0.1) is 12.7 Å². The summed E-state index contributed by atoms with van der Waals surface area (Å²) < 4.78 is 13.1. The SMILES string of the molecule is Cc1cc(F)ccc1CC(O)C1CN(C)CCCN1C. The Balaban J connectivity index is 2.07. The number of benzene rings is 1. The lowest BCUT2D eigenvalue weighted by Gasteiger charge is -2.31. The van der Waals surface area contributed by atoms with E-state index in [2.05, 4.69) is 23.9 Å². The minimum atomic E-state index is -0.426. The number of rotatable bonds is 3. The quantitative estimate of drug-likeness (QED) is 0.912. The smallest absolute Gasteiger partial charge is 0.123 e. The van der Waals surface area contributed by atoms with E-state index in [0.717, 1.165) is 37.2 Å². The van der Waals surface area contributed by atoms with E-state index in [1.54, 1.807) is 6.07 Å². The Morgan fingerprint density at radius 1 is 1.35 bits per heavy atom. The van der Waals surface area contributed by atoms with Crippen LogP contribution in [0.25, 0.3) is 0 Å². The van der Waals surface area contributed by atoms with Gasteiger partial charge in [-0.2, -0.15) is 0 Å². The van der Waals surface area contributed by atoms with Crippen molar-refractivity contribution in [2.75, 3.05) is 33.7 Å². The number of halogens is 1. The van der Waals surface area contributed by atoms with Crippen molar-refractivity contribution >= 4 is 0 Å². The third-order valence-corrected chi connectivity index (χ3v) is 4.29. The van der Waals surface area contributed by atoms with Crippen LogP contribution in [-0.2, 0) is 6.42 Å². The normalized spacial score (nSPS) is 23.6. The van der Waals surface area contributed by atoms with E-state index in [9.17, 15) is 9.50 Å². The Bertz CT molecular complexity index is 452. The van der Waals surface area contributed by atoms with Gasteiger partial charge in [0.05, 0.1) is 6.10 Å². The molecule has 1 N–H and O–H groups in total. The third-order valence-electron chi connectivity index (χ3n) is 4.29. The van der Waals surface area contributed by atoms with Gasteiger partial charge in [0, 0.05) is 19.0 Å². The summed E-state index contributed by atoms with van der Waals surface area (Å²) in [5.41, 5.74) is 1.94. The Hall–Kier alpha value is -0.970. The molecule has 2 unspecified atom stereocenters. The molecule has 0 amide bonds. The predicted molar refractivity (Wildman–Crippen MR) is 79.4 cm³/mol. The monoisotopic (exact) mass is 280 g/mol. The largest absolute Gasteiger partial charge is 0.391 e. The van der Waals surface area contributed by atoms with Crippen LogP contribution >= 0.6 is 0 Å². The van der Waals surface area contributed by atoms with Crippen LogP contribution in [0.5, 0.6) is 0 Å². The first-order valence-corrected chi connectivity index (χ1v) is 7.29. The lowest BCUT2D eigenvalue weighted by molar-refractivity contribution is 0.0580. The fraction of sp³-hybridized carbons (Fsp3) is 0.625. The highest BCUT2D eigenvalue weighted by Gasteiger charge is 2.27. The zero-order valence-corrected chi connectivity index (χ0v) is 12.6. The molecule has 0 radical (unpaired) electrons. The zero-order chi connectivity index (χ0) is 14.7. The van der Waals surface area contributed by atoms with E-state index in [1.165, 1.54) is 12.1 Å². The van der Waals surface area contributed by atoms with Gasteiger partial charge in [-0.05, 0) is 63.8 Å². The molecule has 20 heavy (non-hydrogen) atoms. The topological polar surface area (TPSA) is 26.7 Å². The van der Waals surface area contributed by atoms with E-state index in [4.69, 9.17) is 0 Å². The van der Waals surface area contributed by atoms with Crippen LogP contribution in [0.1, 0.15) is 17.5 Å². The molecule has 1 aromatic rings. The highest BCUT2D eigenvalue weighted by molar-refractivity contribution is 5.27. The Morgan fingerprint density at radius 2 is 2.10 bits per heavy atom. The first-order valence-electron chi connectivity index (χ1n) is 7.29. The molecule has 1 saturated heterocycles. The standard InChI is InChI=1S/C16H25FN2O/c1-12-9-14(17)6-5-13(12)10-16(20)15-11-18(2)7-4-8-19(15)3/h5-6,9,15-16,20H,4,7-8,10-11H2,1-3H3. The van der Waals surface area contributed by atoms with Gasteiger partial charge in [0.2, 0.25) is 0 Å². The molecule has 2 rings (SSSR count). The maximum Gasteiger partial charge on any atom is 0.123 e. The first kappa shape index (κ1) is 15.4. The molecule has 1 aromatic carbocycles. The number of hydrogen-bond donors (Lipinski definition) is 1. The van der Waals surface area contributed by atoms with Crippen LogP contribution < -0.4 is 0 Å². The Morgan fingerprint density at radius 3 is 2.80 bits per heavy atom. The second-order valence-corrected chi connectivity index (χ2v) is 6.01. The van der Waals surface area contributed by atoms with Crippen LogP contribution in [-0.4, -0.2) is 60.8 Å². The average Bonchev–Trinajstić information content (AvgIpc) is 2.54. The average molecular weight is 280 g/mol. The Labute approximate surface area is 121 Å². The molecule has 0 aliphatic carbocycles. The maximum absolute atomic E-state index is 13.1. The van der Waals surface area contributed by atoms with Crippen molar-refractivity contribution in [3.8, 4) is 0 Å². The molecule has 2 atom stereocenters. The van der Waals surface area contributed by atoms with Crippen molar-refractivity contribution in [1.29, 1.82) is 0 Å². The molecule has 0 bridgehead atoms. The molecule has 112 valence electrons. The highest BCUT2D eigenvalue weighted by atomic mass is 19.1. The molecule has 0 saturated carbocycles. The van der Waals surface area contributed by atoms with Gasteiger partial charge in [-0.25, -0.2) is 4.39 Å². The Kier molecular flexibility index (Phi) is 5.13. The van der Waals surface area contributed by atoms with Crippen LogP contribution in [0.3, 0.4) is 0 Å². The van der Waals surface area contributed by atoms with E-state index < -0.39 is 6.10 Å². The fourth-order valence-corrected chi connectivity index (χ4v) is 2.97. The van der Waals surface area contributed by atoms with Crippen molar-refractivity contribution in [2.45, 2.75) is 31.9 Å². The van der Waals surface area contributed by atoms with Gasteiger partial charge in [-0.3, -0.25) is 4.90 Å². The van der Waals surface area contributed by atoms with Gasteiger partial charge in [0.25, 0.3) is 0 Å². The van der Waals surface area contributed by atoms with Gasteiger partial charge in [-0.15, -0.1) is 0 Å². The fourth-order valence-electron chi connectivity index (χ4n) is 2.97. The van der Waals surface area contributed by atoms with Crippen LogP contribution in [0.15, 0.2) is 18.2 Å². The van der Waals surface area contributed by atoms with Gasteiger partial charge in [0.1, 0.15) is 5.82 Å². The minimum Gasteiger partial charge on any atom is -0.391 e. The molecule has 0 aromatic heterocycles. The molecule has 1 fully saturated rings. The number of likely N-dealkylation sites (N-methyl/N-ethyl adjacent to an activating group) is 2. The number of hydrogen-bond acceptors (Lipinski definition) is 3. The summed E-state index contributed by atoms with van der Waals surface area (Å²) in [6.07, 6.45) is 1.28.